The highest BCUT2D eigenvalue weighted by Crippen LogP contribution is 2.52. The van der Waals surface area contributed by atoms with E-state index in [0.717, 1.165) is 29.4 Å². The third-order valence-electron chi connectivity index (χ3n) is 8.43. The summed E-state index contributed by atoms with van der Waals surface area (Å²) in [7, 11) is 0. The van der Waals surface area contributed by atoms with Gasteiger partial charge in [-0.3, -0.25) is 4.79 Å². The second kappa shape index (κ2) is 9.53. The molecule has 39 heavy (non-hydrogen) atoms. The average molecular weight is 515 g/mol. The van der Waals surface area contributed by atoms with E-state index in [4.69, 9.17) is 4.74 Å². The number of aliphatic hydroxyl groups excluding tert-OH is 1. The second-order valence-electron chi connectivity index (χ2n) is 10.8. The standard InChI is InChI=1S/C34H30N2O3/c37-29(20-35-34-18-23-10-4-6-12-25(23)32(34)26-13-7-5-11-24(26)19-34)27-14-16-30(33-28(27)15-17-31(38)36-33)39-21-22-8-2-1-3-9-22/h1-17,29,32,35,37H,18-21H2,(H,36,38)/t29-,32?,34?/m0/s1. The van der Waals surface area contributed by atoms with Gasteiger partial charge in [-0.05, 0) is 58.4 Å². The van der Waals surface area contributed by atoms with E-state index in [-0.39, 0.29) is 17.0 Å². The zero-order chi connectivity index (χ0) is 26.4. The molecule has 0 aliphatic heterocycles. The molecule has 0 radical (unpaired) electrons. The minimum atomic E-state index is -0.760. The monoisotopic (exact) mass is 514 g/mol. The summed E-state index contributed by atoms with van der Waals surface area (Å²) in [5.41, 5.74) is 7.56. The minimum absolute atomic E-state index is 0.169. The van der Waals surface area contributed by atoms with Crippen molar-refractivity contribution >= 4 is 10.9 Å². The molecule has 0 amide bonds. The van der Waals surface area contributed by atoms with E-state index in [1.165, 1.54) is 28.3 Å². The molecule has 1 heterocycles. The predicted octanol–water partition coefficient (Wildman–Crippen LogP) is 5.41. The number of hydrogen-bond acceptors (Lipinski definition) is 4. The molecule has 2 aliphatic carbocycles. The highest BCUT2D eigenvalue weighted by Gasteiger charge is 2.51. The van der Waals surface area contributed by atoms with Crippen LogP contribution in [-0.2, 0) is 19.4 Å². The lowest BCUT2D eigenvalue weighted by atomic mass is 9.85. The molecular formula is C34H30N2O3. The summed E-state index contributed by atoms with van der Waals surface area (Å²) in [6, 6.07) is 34.4. The van der Waals surface area contributed by atoms with E-state index >= 15 is 0 Å². The fourth-order valence-corrected chi connectivity index (χ4v) is 6.69. The quantitative estimate of drug-likeness (QED) is 0.271. The number of ether oxygens (including phenoxy) is 1. The first kappa shape index (κ1) is 23.9. The number of β-amino-alcohol motifs (C(OH)–C–C–N with tert-alkyl or cyclic N) is 1. The van der Waals surface area contributed by atoms with Gasteiger partial charge in [-0.15, -0.1) is 0 Å². The molecule has 5 nitrogen and oxygen atoms in total. The van der Waals surface area contributed by atoms with Gasteiger partial charge < -0.3 is 20.1 Å². The molecule has 0 bridgehead atoms. The van der Waals surface area contributed by atoms with Crippen LogP contribution in [0.25, 0.3) is 10.9 Å². The molecule has 0 unspecified atom stereocenters. The first-order valence-electron chi connectivity index (χ1n) is 13.5. The van der Waals surface area contributed by atoms with E-state index in [1.54, 1.807) is 6.07 Å². The van der Waals surface area contributed by atoms with Crippen LogP contribution in [0.15, 0.2) is 108 Å². The van der Waals surface area contributed by atoms with E-state index in [1.807, 2.05) is 42.5 Å². The van der Waals surface area contributed by atoms with Gasteiger partial charge in [0.1, 0.15) is 12.4 Å². The number of fused-ring (bicyclic) bond motifs is 6. The molecule has 4 aromatic carbocycles. The summed E-state index contributed by atoms with van der Waals surface area (Å²) in [6.07, 6.45) is 1.09. The molecule has 1 aromatic heterocycles. The summed E-state index contributed by atoms with van der Waals surface area (Å²) in [5.74, 6) is 0.852. The van der Waals surface area contributed by atoms with Gasteiger partial charge in [0.05, 0.1) is 11.6 Å². The van der Waals surface area contributed by atoms with Crippen LogP contribution in [0.1, 0.15) is 45.4 Å². The lowest BCUT2D eigenvalue weighted by molar-refractivity contribution is 0.156. The lowest BCUT2D eigenvalue weighted by Gasteiger charge is -2.33. The van der Waals surface area contributed by atoms with Gasteiger partial charge in [-0.25, -0.2) is 0 Å². The largest absolute Gasteiger partial charge is 0.487 e. The summed E-state index contributed by atoms with van der Waals surface area (Å²) < 4.78 is 6.10. The molecule has 0 saturated carbocycles. The van der Waals surface area contributed by atoms with Crippen LogP contribution in [-0.4, -0.2) is 22.2 Å². The fraction of sp³-hybridized carbons (Fsp3) is 0.206. The molecule has 0 saturated heterocycles. The Hall–Kier alpha value is -4.19. The third kappa shape index (κ3) is 4.15. The Morgan fingerprint density at radius 3 is 2.23 bits per heavy atom. The zero-order valence-electron chi connectivity index (χ0n) is 21.6. The topological polar surface area (TPSA) is 74.3 Å². The summed E-state index contributed by atoms with van der Waals surface area (Å²) in [6.45, 7) is 0.790. The smallest absolute Gasteiger partial charge is 0.248 e. The van der Waals surface area contributed by atoms with Crippen molar-refractivity contribution in [3.05, 3.63) is 147 Å². The van der Waals surface area contributed by atoms with Gasteiger partial charge in [0, 0.05) is 29.5 Å². The van der Waals surface area contributed by atoms with Crippen molar-refractivity contribution < 1.29 is 9.84 Å². The molecule has 5 aromatic rings. The zero-order valence-corrected chi connectivity index (χ0v) is 21.6. The highest BCUT2D eigenvalue weighted by atomic mass is 16.5. The summed E-state index contributed by atoms with van der Waals surface area (Å²) >= 11 is 0. The van der Waals surface area contributed by atoms with Crippen LogP contribution in [0, 0.1) is 0 Å². The van der Waals surface area contributed by atoms with Crippen LogP contribution >= 0.6 is 0 Å². The molecule has 0 spiro atoms. The second-order valence-corrected chi connectivity index (χ2v) is 10.8. The van der Waals surface area contributed by atoms with E-state index in [2.05, 4.69) is 58.8 Å². The molecule has 5 heteroatoms. The molecular weight excluding hydrogens is 484 g/mol. The van der Waals surface area contributed by atoms with Crippen LogP contribution in [0.3, 0.4) is 0 Å². The molecule has 7 rings (SSSR count). The first-order valence-corrected chi connectivity index (χ1v) is 13.5. The number of aromatic nitrogens is 1. The maximum Gasteiger partial charge on any atom is 0.248 e. The number of hydrogen-bond donors (Lipinski definition) is 3. The Bertz CT molecular complexity index is 1680. The van der Waals surface area contributed by atoms with E-state index in [0.29, 0.717) is 24.4 Å². The van der Waals surface area contributed by atoms with Crippen molar-refractivity contribution in [3.63, 3.8) is 0 Å². The van der Waals surface area contributed by atoms with Crippen molar-refractivity contribution in [1.29, 1.82) is 0 Å². The Kier molecular flexibility index (Phi) is 5.84. The van der Waals surface area contributed by atoms with Gasteiger partial charge in [-0.2, -0.15) is 0 Å². The van der Waals surface area contributed by atoms with Crippen LogP contribution in [0.5, 0.6) is 5.75 Å². The Labute approximate surface area is 227 Å². The van der Waals surface area contributed by atoms with Gasteiger partial charge >= 0.3 is 0 Å². The number of benzene rings is 4. The number of aromatic amines is 1. The van der Waals surface area contributed by atoms with Crippen molar-refractivity contribution in [3.8, 4) is 5.75 Å². The maximum absolute atomic E-state index is 12.2. The number of H-pyrrole nitrogens is 1. The van der Waals surface area contributed by atoms with Crippen molar-refractivity contribution in [1.82, 2.24) is 10.3 Å². The Morgan fingerprint density at radius 1 is 0.846 bits per heavy atom. The van der Waals surface area contributed by atoms with E-state index < -0.39 is 6.10 Å². The van der Waals surface area contributed by atoms with Gasteiger partial charge in [0.15, 0.2) is 0 Å². The maximum atomic E-state index is 12.2. The summed E-state index contributed by atoms with van der Waals surface area (Å²) in [4.78, 5) is 15.2. The third-order valence-corrected chi connectivity index (χ3v) is 8.43. The van der Waals surface area contributed by atoms with Gasteiger partial charge in [0.25, 0.3) is 0 Å². The molecule has 0 fully saturated rings. The molecule has 2 aliphatic rings. The van der Waals surface area contributed by atoms with Crippen molar-refractivity contribution in [2.45, 2.75) is 37.0 Å². The van der Waals surface area contributed by atoms with Gasteiger partial charge in [0.2, 0.25) is 5.56 Å². The number of rotatable bonds is 7. The van der Waals surface area contributed by atoms with E-state index in [9.17, 15) is 9.90 Å². The number of pyridine rings is 1. The first-order chi connectivity index (χ1) is 19.1. The van der Waals surface area contributed by atoms with Crippen LogP contribution < -0.4 is 15.6 Å². The molecule has 3 N–H and O–H groups in total. The lowest BCUT2D eigenvalue weighted by Crippen LogP contribution is -2.49. The van der Waals surface area contributed by atoms with Crippen molar-refractivity contribution in [2.75, 3.05) is 6.54 Å². The summed E-state index contributed by atoms with van der Waals surface area (Å²) in [5, 5.41) is 16.1. The fourth-order valence-electron chi connectivity index (χ4n) is 6.69. The average Bonchev–Trinajstić information content (AvgIpc) is 3.46. The van der Waals surface area contributed by atoms with Gasteiger partial charge in [-0.1, -0.05) is 84.9 Å². The molecule has 1 atom stereocenters. The Balaban J connectivity index is 1.17. The number of aliphatic hydroxyl groups is 1. The van der Waals surface area contributed by atoms with Crippen molar-refractivity contribution in [2.24, 2.45) is 0 Å². The van der Waals surface area contributed by atoms with Crippen LogP contribution in [0.2, 0.25) is 0 Å². The predicted molar refractivity (Wildman–Crippen MR) is 153 cm³/mol. The minimum Gasteiger partial charge on any atom is -0.487 e. The Morgan fingerprint density at radius 2 is 1.51 bits per heavy atom. The SMILES string of the molecule is O=c1ccc2c([C@@H](O)CNC34Cc5ccccc5C3c3ccccc3C4)ccc(OCc3ccccc3)c2[nH]1. The van der Waals surface area contributed by atoms with Crippen LogP contribution in [0.4, 0.5) is 0 Å². The number of nitrogens with one attached hydrogen (secondary N) is 2. The normalized spacial score (nSPS) is 19.9. The highest BCUT2D eigenvalue weighted by molar-refractivity contribution is 5.87. The molecule has 194 valence electrons.